The Bertz CT molecular complexity index is 1070. The molecule has 2 amide bonds. The number of nitrogens with zero attached hydrogens (tertiary/aromatic N) is 2. The molecule has 2 fully saturated rings. The summed E-state index contributed by atoms with van der Waals surface area (Å²) in [6.07, 6.45) is 0.0592. The fourth-order valence-corrected chi connectivity index (χ4v) is 4.98. The standard InChI is InChI=1S/C24H22N2O4S/c1-2-14-29-18-12-10-16(11-13-18)25-23(27)20-21(19-9-6-15-31-19)26(30-22(20)24(25)28)17-7-4-3-5-8-17/h3-13,15,20-22H,2,14H2,1H3/t20-,21-,22-/m1/s1. The van der Waals surface area contributed by atoms with E-state index in [4.69, 9.17) is 9.57 Å². The van der Waals surface area contributed by atoms with Crippen molar-refractivity contribution in [1.29, 1.82) is 0 Å². The summed E-state index contributed by atoms with van der Waals surface area (Å²) < 4.78 is 5.61. The molecule has 31 heavy (non-hydrogen) atoms. The van der Waals surface area contributed by atoms with Crippen LogP contribution in [0.2, 0.25) is 0 Å². The highest BCUT2D eigenvalue weighted by atomic mass is 32.1. The summed E-state index contributed by atoms with van der Waals surface area (Å²) in [4.78, 5) is 35.1. The van der Waals surface area contributed by atoms with Crippen molar-refractivity contribution in [3.05, 3.63) is 77.0 Å². The van der Waals surface area contributed by atoms with Gasteiger partial charge in [0.05, 0.1) is 18.0 Å². The lowest BCUT2D eigenvalue weighted by Crippen LogP contribution is -2.37. The van der Waals surface area contributed by atoms with E-state index in [9.17, 15) is 9.59 Å². The Hall–Kier alpha value is -3.16. The Labute approximate surface area is 184 Å². The number of fused-ring (bicyclic) bond motifs is 1. The normalized spacial score (nSPS) is 22.8. The van der Waals surface area contributed by atoms with Crippen LogP contribution >= 0.6 is 11.3 Å². The first-order valence-corrected chi connectivity index (χ1v) is 11.2. The first-order chi connectivity index (χ1) is 15.2. The second-order valence-electron chi connectivity index (χ2n) is 7.53. The zero-order chi connectivity index (χ0) is 21.4. The lowest BCUT2D eigenvalue weighted by molar-refractivity contribution is -0.126. The molecule has 2 aliphatic heterocycles. The monoisotopic (exact) mass is 434 g/mol. The number of hydroxylamine groups is 1. The van der Waals surface area contributed by atoms with Gasteiger partial charge < -0.3 is 4.74 Å². The third-order valence-electron chi connectivity index (χ3n) is 5.53. The summed E-state index contributed by atoms with van der Waals surface area (Å²) >= 11 is 1.56. The van der Waals surface area contributed by atoms with Crippen molar-refractivity contribution >= 4 is 34.5 Å². The summed E-state index contributed by atoms with van der Waals surface area (Å²) in [5.74, 6) is -0.471. The fourth-order valence-electron chi connectivity index (χ4n) is 4.13. The largest absolute Gasteiger partial charge is 0.494 e. The van der Waals surface area contributed by atoms with Gasteiger partial charge in [-0.1, -0.05) is 31.2 Å². The lowest BCUT2D eigenvalue weighted by atomic mass is 9.95. The molecule has 2 aliphatic rings. The summed E-state index contributed by atoms with van der Waals surface area (Å²) in [6, 6.07) is 20.2. The minimum Gasteiger partial charge on any atom is -0.494 e. The quantitative estimate of drug-likeness (QED) is 0.531. The molecule has 2 saturated heterocycles. The van der Waals surface area contributed by atoms with E-state index < -0.39 is 12.0 Å². The van der Waals surface area contributed by atoms with Crippen LogP contribution in [0.25, 0.3) is 0 Å². The number of benzene rings is 2. The number of carbonyl (C=O) groups excluding carboxylic acids is 2. The predicted octanol–water partition coefficient (Wildman–Crippen LogP) is 4.59. The SMILES string of the molecule is CCCOc1ccc(N2C(=O)[C@@H]3[C@@H](c4cccs4)N(c4ccccc4)O[C@H]3C2=O)cc1. The molecular formula is C24H22N2O4S. The number of ether oxygens (including phenoxy) is 1. The van der Waals surface area contributed by atoms with Crippen LogP contribution in [0.1, 0.15) is 24.3 Å². The molecule has 0 bridgehead atoms. The maximum atomic E-state index is 13.5. The molecule has 5 rings (SSSR count). The number of rotatable bonds is 6. The van der Waals surface area contributed by atoms with Crippen LogP contribution in [0.15, 0.2) is 72.1 Å². The van der Waals surface area contributed by atoms with Crippen LogP contribution in [0.5, 0.6) is 5.75 Å². The first kappa shape index (κ1) is 19.8. The van der Waals surface area contributed by atoms with Gasteiger partial charge in [-0.3, -0.25) is 14.4 Å². The predicted molar refractivity (Wildman–Crippen MR) is 119 cm³/mol. The smallest absolute Gasteiger partial charge is 0.266 e. The minimum absolute atomic E-state index is 0.242. The fraction of sp³-hybridized carbons (Fsp3) is 0.250. The van der Waals surface area contributed by atoms with Gasteiger partial charge >= 0.3 is 0 Å². The summed E-state index contributed by atoms with van der Waals surface area (Å²) in [6.45, 7) is 2.66. The molecule has 6 nitrogen and oxygen atoms in total. The van der Waals surface area contributed by atoms with E-state index >= 15 is 0 Å². The highest BCUT2D eigenvalue weighted by molar-refractivity contribution is 7.10. The van der Waals surface area contributed by atoms with Gasteiger partial charge in [-0.15, -0.1) is 11.3 Å². The number of anilines is 2. The molecule has 7 heteroatoms. The molecule has 0 aliphatic carbocycles. The number of amides is 2. The van der Waals surface area contributed by atoms with Crippen molar-refractivity contribution in [2.45, 2.75) is 25.5 Å². The van der Waals surface area contributed by atoms with Gasteiger partial charge in [0.1, 0.15) is 17.7 Å². The third kappa shape index (κ3) is 3.40. The number of imide groups is 1. The maximum absolute atomic E-state index is 13.5. The van der Waals surface area contributed by atoms with Crippen LogP contribution in [-0.2, 0) is 14.4 Å². The third-order valence-corrected chi connectivity index (χ3v) is 6.47. The van der Waals surface area contributed by atoms with E-state index in [0.29, 0.717) is 18.0 Å². The molecule has 158 valence electrons. The van der Waals surface area contributed by atoms with Crippen molar-refractivity contribution in [1.82, 2.24) is 0 Å². The number of hydrogen-bond donors (Lipinski definition) is 0. The second-order valence-corrected chi connectivity index (χ2v) is 8.51. The van der Waals surface area contributed by atoms with Gasteiger partial charge in [-0.25, -0.2) is 9.96 Å². The molecule has 0 saturated carbocycles. The maximum Gasteiger partial charge on any atom is 0.266 e. The van der Waals surface area contributed by atoms with Gasteiger partial charge in [0, 0.05) is 4.88 Å². The van der Waals surface area contributed by atoms with E-state index in [1.807, 2.05) is 54.8 Å². The summed E-state index contributed by atoms with van der Waals surface area (Å²) in [7, 11) is 0. The summed E-state index contributed by atoms with van der Waals surface area (Å²) in [5.41, 5.74) is 1.35. The lowest BCUT2D eigenvalue weighted by Gasteiger charge is -2.27. The Morgan fingerprint density at radius 3 is 2.39 bits per heavy atom. The second kappa shape index (κ2) is 8.17. The average Bonchev–Trinajstić information content (AvgIpc) is 3.51. The van der Waals surface area contributed by atoms with Crippen LogP contribution < -0.4 is 14.7 Å². The van der Waals surface area contributed by atoms with Crippen molar-refractivity contribution in [2.24, 2.45) is 5.92 Å². The van der Waals surface area contributed by atoms with Crippen molar-refractivity contribution < 1.29 is 19.2 Å². The van der Waals surface area contributed by atoms with Crippen LogP contribution in [0.4, 0.5) is 11.4 Å². The van der Waals surface area contributed by atoms with E-state index in [-0.39, 0.29) is 17.9 Å². The van der Waals surface area contributed by atoms with Gasteiger partial charge in [0.15, 0.2) is 6.10 Å². The number of carbonyl (C=O) groups is 2. The molecule has 1 aromatic heterocycles. The van der Waals surface area contributed by atoms with Crippen molar-refractivity contribution in [3.8, 4) is 5.75 Å². The van der Waals surface area contributed by atoms with Gasteiger partial charge in [-0.05, 0) is 54.3 Å². The van der Waals surface area contributed by atoms with E-state index in [1.54, 1.807) is 40.7 Å². The molecule has 3 atom stereocenters. The zero-order valence-electron chi connectivity index (χ0n) is 17.0. The van der Waals surface area contributed by atoms with E-state index in [1.165, 1.54) is 4.90 Å². The Morgan fingerprint density at radius 1 is 0.935 bits per heavy atom. The van der Waals surface area contributed by atoms with E-state index in [0.717, 1.165) is 17.0 Å². The molecule has 0 N–H and O–H groups in total. The molecule has 0 unspecified atom stereocenters. The van der Waals surface area contributed by atoms with Crippen molar-refractivity contribution in [3.63, 3.8) is 0 Å². The number of hydrogen-bond acceptors (Lipinski definition) is 6. The van der Waals surface area contributed by atoms with Gasteiger partial charge in [-0.2, -0.15) is 0 Å². The van der Waals surface area contributed by atoms with Crippen molar-refractivity contribution in [2.75, 3.05) is 16.6 Å². The molecule has 3 aromatic rings. The van der Waals surface area contributed by atoms with Crippen LogP contribution in [0, 0.1) is 5.92 Å². The Kier molecular flexibility index (Phi) is 5.21. The van der Waals surface area contributed by atoms with Crippen LogP contribution in [-0.4, -0.2) is 24.5 Å². The Morgan fingerprint density at radius 2 is 1.71 bits per heavy atom. The molecule has 0 radical (unpaired) electrons. The molecule has 0 spiro atoms. The van der Waals surface area contributed by atoms with Gasteiger partial charge in [0.2, 0.25) is 5.91 Å². The number of thiophene rings is 1. The van der Waals surface area contributed by atoms with E-state index in [2.05, 4.69) is 0 Å². The van der Waals surface area contributed by atoms with Gasteiger partial charge in [0.25, 0.3) is 5.91 Å². The first-order valence-electron chi connectivity index (χ1n) is 10.3. The molecular weight excluding hydrogens is 412 g/mol. The zero-order valence-corrected chi connectivity index (χ0v) is 17.8. The van der Waals surface area contributed by atoms with Crippen LogP contribution in [0.3, 0.4) is 0 Å². The molecule has 3 heterocycles. The minimum atomic E-state index is -0.851. The number of para-hydroxylation sites is 1. The topological polar surface area (TPSA) is 59.1 Å². The highest BCUT2D eigenvalue weighted by Crippen LogP contribution is 2.48. The average molecular weight is 435 g/mol. The highest BCUT2D eigenvalue weighted by Gasteiger charge is 2.60. The molecule has 2 aromatic carbocycles. The summed E-state index contributed by atoms with van der Waals surface area (Å²) in [5, 5.41) is 3.69. The Balaban J connectivity index is 1.47.